The van der Waals surface area contributed by atoms with Crippen LogP contribution in [0.4, 0.5) is 0 Å². The summed E-state index contributed by atoms with van der Waals surface area (Å²) in [5.41, 5.74) is 2.72. The van der Waals surface area contributed by atoms with Gasteiger partial charge in [0.15, 0.2) is 5.78 Å². The van der Waals surface area contributed by atoms with Crippen LogP contribution in [0.2, 0.25) is 0 Å². The molecule has 1 aliphatic heterocycles. The largest absolute Gasteiger partial charge is 0.477 e. The standard InChI is InChI=1S/C24H32N4O3/c1-3-19(8-11-29)23(30)22-20(21(25)7-10-27-22)6-9-26-13-18-12-16(2)24(28-14-18)31-15-17-4-5-17/h6-7,9-10,12,14,17,19-20,25-26,29H,3-5,8,11,13,15H2,1-2H3/b9-6+,25-21?/t19-,20?/m0/s1. The molecule has 166 valence electrons. The molecule has 2 atom stereocenters. The number of ketones is 1. The lowest BCUT2D eigenvalue weighted by atomic mass is 9.85. The van der Waals surface area contributed by atoms with Crippen LogP contribution in [0.5, 0.6) is 5.88 Å². The number of aliphatic hydroxyl groups excluding tert-OH is 1. The van der Waals surface area contributed by atoms with Crippen molar-refractivity contribution in [3.63, 3.8) is 0 Å². The van der Waals surface area contributed by atoms with E-state index in [0.717, 1.165) is 17.7 Å². The van der Waals surface area contributed by atoms with Crippen molar-refractivity contribution < 1.29 is 14.6 Å². The third-order valence-electron chi connectivity index (χ3n) is 5.64. The molecular weight excluding hydrogens is 392 g/mol. The van der Waals surface area contributed by atoms with Crippen molar-refractivity contribution in [1.29, 1.82) is 5.41 Å². The summed E-state index contributed by atoms with van der Waals surface area (Å²) in [7, 11) is 0. The number of nitrogens with one attached hydrogen (secondary N) is 2. The highest BCUT2D eigenvalue weighted by Crippen LogP contribution is 2.29. The predicted octanol–water partition coefficient (Wildman–Crippen LogP) is 3.36. The molecule has 0 radical (unpaired) electrons. The van der Waals surface area contributed by atoms with E-state index in [1.165, 1.54) is 19.0 Å². The van der Waals surface area contributed by atoms with E-state index in [1.54, 1.807) is 24.5 Å². The van der Waals surface area contributed by atoms with Crippen LogP contribution in [0.1, 0.15) is 43.7 Å². The van der Waals surface area contributed by atoms with E-state index < -0.39 is 5.92 Å². The quantitative estimate of drug-likeness (QED) is 0.477. The van der Waals surface area contributed by atoms with Gasteiger partial charge in [-0.1, -0.05) is 13.0 Å². The van der Waals surface area contributed by atoms with E-state index in [4.69, 9.17) is 10.1 Å². The number of carbonyl (C=O) groups excluding carboxylic acids is 1. The molecular formula is C24H32N4O3. The molecule has 0 amide bonds. The lowest BCUT2D eigenvalue weighted by Gasteiger charge is -2.21. The molecule has 1 saturated carbocycles. The highest BCUT2D eigenvalue weighted by Gasteiger charge is 2.29. The van der Waals surface area contributed by atoms with Crippen molar-refractivity contribution in [2.45, 2.75) is 46.1 Å². The Morgan fingerprint density at radius 3 is 2.94 bits per heavy atom. The summed E-state index contributed by atoms with van der Waals surface area (Å²) in [6.45, 7) is 5.20. The summed E-state index contributed by atoms with van der Waals surface area (Å²) >= 11 is 0. The fourth-order valence-corrected chi connectivity index (χ4v) is 3.52. The van der Waals surface area contributed by atoms with Gasteiger partial charge in [-0.25, -0.2) is 4.98 Å². The topological polar surface area (TPSA) is 108 Å². The van der Waals surface area contributed by atoms with Gasteiger partial charge in [-0.2, -0.15) is 0 Å². The maximum absolute atomic E-state index is 12.9. The number of ether oxygens (including phenoxy) is 1. The third-order valence-corrected chi connectivity index (χ3v) is 5.64. The van der Waals surface area contributed by atoms with E-state index in [-0.39, 0.29) is 18.3 Å². The van der Waals surface area contributed by atoms with Gasteiger partial charge in [-0.15, -0.1) is 0 Å². The second-order valence-electron chi connectivity index (χ2n) is 8.20. The second-order valence-corrected chi connectivity index (χ2v) is 8.20. The molecule has 2 heterocycles. The van der Waals surface area contributed by atoms with Crippen molar-refractivity contribution in [1.82, 2.24) is 10.3 Å². The van der Waals surface area contributed by atoms with E-state index in [0.29, 0.717) is 42.6 Å². The Balaban J connectivity index is 1.57. The van der Waals surface area contributed by atoms with Crippen molar-refractivity contribution in [2.75, 3.05) is 13.2 Å². The Bertz CT molecular complexity index is 887. The lowest BCUT2D eigenvalue weighted by Crippen LogP contribution is -2.34. The van der Waals surface area contributed by atoms with E-state index in [1.807, 2.05) is 13.8 Å². The second kappa shape index (κ2) is 11.0. The van der Waals surface area contributed by atoms with Gasteiger partial charge in [0.05, 0.1) is 18.2 Å². The summed E-state index contributed by atoms with van der Waals surface area (Å²) in [5.74, 6) is 0.526. The Hall–Kier alpha value is -2.80. The molecule has 1 fully saturated rings. The zero-order chi connectivity index (χ0) is 22.2. The molecule has 0 saturated heterocycles. The van der Waals surface area contributed by atoms with Crippen molar-refractivity contribution >= 4 is 17.2 Å². The molecule has 1 aliphatic carbocycles. The number of carbonyl (C=O) groups is 1. The van der Waals surface area contributed by atoms with Gasteiger partial charge >= 0.3 is 0 Å². The lowest BCUT2D eigenvalue weighted by molar-refractivity contribution is -0.117. The fourth-order valence-electron chi connectivity index (χ4n) is 3.52. The van der Waals surface area contributed by atoms with Crippen molar-refractivity contribution in [3.05, 3.63) is 47.9 Å². The van der Waals surface area contributed by atoms with Crippen LogP contribution in [-0.2, 0) is 11.3 Å². The normalized spacial score (nSPS) is 19.4. The van der Waals surface area contributed by atoms with Crippen LogP contribution in [0.3, 0.4) is 0 Å². The molecule has 3 rings (SSSR count). The van der Waals surface area contributed by atoms with Crippen LogP contribution in [0.15, 0.2) is 41.8 Å². The Morgan fingerprint density at radius 1 is 1.45 bits per heavy atom. The van der Waals surface area contributed by atoms with Crippen molar-refractivity contribution in [2.24, 2.45) is 22.7 Å². The molecule has 7 heteroatoms. The number of nitrogens with zero attached hydrogens (tertiary/aromatic N) is 2. The summed E-state index contributed by atoms with van der Waals surface area (Å²) in [5, 5.41) is 20.7. The van der Waals surface area contributed by atoms with Gasteiger partial charge in [-0.3, -0.25) is 9.79 Å². The van der Waals surface area contributed by atoms with E-state index in [2.05, 4.69) is 21.4 Å². The minimum Gasteiger partial charge on any atom is -0.477 e. The number of hydrogen-bond donors (Lipinski definition) is 3. The minimum atomic E-state index is -0.490. The third kappa shape index (κ3) is 6.34. The highest BCUT2D eigenvalue weighted by molar-refractivity contribution is 6.46. The molecule has 3 N–H and O–H groups in total. The number of aryl methyl sites for hydroxylation is 1. The number of allylic oxidation sites excluding steroid dienone is 2. The van der Waals surface area contributed by atoms with Gasteiger partial charge in [0.2, 0.25) is 5.88 Å². The first-order valence-corrected chi connectivity index (χ1v) is 11.0. The summed E-state index contributed by atoms with van der Waals surface area (Å²) < 4.78 is 5.78. The molecule has 7 nitrogen and oxygen atoms in total. The molecule has 1 aromatic rings. The molecule has 0 aromatic carbocycles. The van der Waals surface area contributed by atoms with Crippen LogP contribution in [-0.4, -0.2) is 40.5 Å². The average molecular weight is 425 g/mol. The first kappa shape index (κ1) is 22.9. The monoisotopic (exact) mass is 424 g/mol. The maximum atomic E-state index is 12.9. The van der Waals surface area contributed by atoms with Gasteiger partial charge in [-0.05, 0) is 62.4 Å². The minimum absolute atomic E-state index is 0.0370. The molecule has 1 unspecified atom stereocenters. The van der Waals surface area contributed by atoms with Gasteiger partial charge < -0.3 is 20.6 Å². The molecule has 31 heavy (non-hydrogen) atoms. The van der Waals surface area contributed by atoms with Crippen LogP contribution in [0.25, 0.3) is 0 Å². The fraction of sp³-hybridized carbons (Fsp3) is 0.500. The number of aliphatic hydroxyl groups is 1. The predicted molar refractivity (Wildman–Crippen MR) is 121 cm³/mol. The van der Waals surface area contributed by atoms with Gasteiger partial charge in [0.25, 0.3) is 0 Å². The van der Waals surface area contributed by atoms with Crippen LogP contribution >= 0.6 is 0 Å². The van der Waals surface area contributed by atoms with Crippen molar-refractivity contribution in [3.8, 4) is 5.88 Å². The molecule has 1 aromatic heterocycles. The first-order valence-electron chi connectivity index (χ1n) is 11.0. The highest BCUT2D eigenvalue weighted by atomic mass is 16.5. The summed E-state index contributed by atoms with van der Waals surface area (Å²) in [6.07, 6.45) is 12.0. The Morgan fingerprint density at radius 2 is 2.26 bits per heavy atom. The maximum Gasteiger partial charge on any atom is 0.216 e. The Labute approximate surface area is 183 Å². The Kier molecular flexibility index (Phi) is 8.12. The number of Topliss-reactive ketones (excluding diaryl/α,β-unsaturated/α-hetero) is 1. The number of aromatic nitrogens is 1. The number of pyridine rings is 1. The first-order chi connectivity index (χ1) is 15.0. The molecule has 2 aliphatic rings. The van der Waals surface area contributed by atoms with E-state index >= 15 is 0 Å². The summed E-state index contributed by atoms with van der Waals surface area (Å²) in [6, 6.07) is 2.05. The average Bonchev–Trinajstić information content (AvgIpc) is 3.59. The zero-order valence-electron chi connectivity index (χ0n) is 18.3. The smallest absolute Gasteiger partial charge is 0.216 e. The van der Waals surface area contributed by atoms with E-state index in [9.17, 15) is 9.90 Å². The van der Waals surface area contributed by atoms with Gasteiger partial charge in [0, 0.05) is 42.7 Å². The van der Waals surface area contributed by atoms with Crippen LogP contribution in [0, 0.1) is 30.1 Å². The SMILES string of the molecule is CC[C@@H](CCO)C(=O)C1=NC=CC(=N)C1/C=C/NCc1cnc(OCC2CC2)c(C)c1. The zero-order valence-corrected chi connectivity index (χ0v) is 18.3. The number of rotatable bonds is 12. The summed E-state index contributed by atoms with van der Waals surface area (Å²) in [4.78, 5) is 21.5. The number of hydrogen-bond acceptors (Lipinski definition) is 7. The number of aliphatic imine (C=N–C) groups is 1. The molecule has 0 bridgehead atoms. The van der Waals surface area contributed by atoms with Crippen LogP contribution < -0.4 is 10.1 Å². The van der Waals surface area contributed by atoms with Gasteiger partial charge in [0.1, 0.15) is 0 Å². The molecule has 0 spiro atoms.